The molecule has 3 aromatic carbocycles. The van der Waals surface area contributed by atoms with Crippen LogP contribution < -0.4 is 27.4 Å². The van der Waals surface area contributed by atoms with Gasteiger partial charge < -0.3 is 56.8 Å². The fourth-order valence-electron chi connectivity index (χ4n) is 9.80. The average molecular weight is 1180 g/mol. The zero-order valence-electron chi connectivity index (χ0n) is 48.8. The minimum Gasteiger partial charge on any atom is -0.508 e. The summed E-state index contributed by atoms with van der Waals surface area (Å²) < 4.78 is 10.8. The summed E-state index contributed by atoms with van der Waals surface area (Å²) in [5.41, 5.74) is 13.7. The number of phenols is 1. The topological polar surface area (TPSA) is 328 Å². The summed E-state index contributed by atoms with van der Waals surface area (Å²) in [6, 6.07) is 19.8. The Morgan fingerprint density at radius 2 is 1.36 bits per heavy atom. The number of benzene rings is 3. The van der Waals surface area contributed by atoms with Gasteiger partial charge in [-0.1, -0.05) is 114 Å². The van der Waals surface area contributed by atoms with Crippen molar-refractivity contribution in [2.45, 2.75) is 136 Å². The van der Waals surface area contributed by atoms with Gasteiger partial charge in [0.2, 0.25) is 23.6 Å². The summed E-state index contributed by atoms with van der Waals surface area (Å²) in [6.07, 6.45) is 2.87. The van der Waals surface area contributed by atoms with Gasteiger partial charge >= 0.3 is 12.1 Å². The van der Waals surface area contributed by atoms with Gasteiger partial charge in [-0.15, -0.1) is 12.4 Å². The number of hydrogen-bond acceptors (Lipinski definition) is 14. The van der Waals surface area contributed by atoms with Crippen molar-refractivity contribution in [3.8, 4) is 5.75 Å². The lowest BCUT2D eigenvalue weighted by Crippen LogP contribution is -2.54. The third-order valence-corrected chi connectivity index (χ3v) is 14.9. The molecule has 4 aromatic rings. The van der Waals surface area contributed by atoms with E-state index < -0.39 is 108 Å². The minimum atomic E-state index is -1.24. The lowest BCUT2D eigenvalue weighted by atomic mass is 9.83. The second-order valence-electron chi connectivity index (χ2n) is 21.8. The number of carbonyl (C=O) groups is 9. The number of H-pyrrole nitrogens is 1. The number of likely N-dealkylation sites (N-methyl/N-ethyl adjacent to an activating group) is 1. The van der Waals surface area contributed by atoms with E-state index in [-0.39, 0.29) is 101 Å². The molecule has 0 radical (unpaired) electrons. The Bertz CT molecular complexity index is 2820. The van der Waals surface area contributed by atoms with Crippen LogP contribution in [-0.4, -0.2) is 135 Å². The molecule has 5 rings (SSSR count). The first-order valence-electron chi connectivity index (χ1n) is 28.3. The summed E-state index contributed by atoms with van der Waals surface area (Å²) in [5, 5.41) is 18.6. The minimum absolute atomic E-state index is 0. The van der Waals surface area contributed by atoms with E-state index in [9.17, 15) is 48.3 Å². The molecule has 84 heavy (non-hydrogen) atoms. The molecule has 1 unspecified atom stereocenters. The van der Waals surface area contributed by atoms with E-state index in [0.29, 0.717) is 30.5 Å². The molecule has 0 aliphatic carbocycles. The molecule has 1 saturated heterocycles. The van der Waals surface area contributed by atoms with E-state index in [1.165, 1.54) is 36.6 Å². The number of ketones is 3. The third-order valence-electron chi connectivity index (χ3n) is 14.9. The molecule has 1 aliphatic rings. The highest BCUT2D eigenvalue weighted by atomic mass is 35.5. The number of nitrogens with zero attached hydrogens (tertiary/aromatic N) is 4. The Balaban J connectivity index is 0.0000151. The van der Waals surface area contributed by atoms with Gasteiger partial charge in [0.1, 0.15) is 31.5 Å². The Kier molecular flexibility index (Phi) is 28.0. The lowest BCUT2D eigenvalue weighted by Gasteiger charge is -2.31. The average Bonchev–Trinajstić information content (AvgIpc) is 3.87. The van der Waals surface area contributed by atoms with Crippen molar-refractivity contribution >= 4 is 71.4 Å². The normalized spacial score (nSPS) is 15.3. The fraction of sp³-hybridized carbons (Fsp3) is 0.492. The highest BCUT2D eigenvalue weighted by molar-refractivity contribution is 5.98. The Morgan fingerprint density at radius 3 is 1.95 bits per heavy atom. The number of rotatable bonds is 33. The number of aliphatic imine (C=N–C) groups is 1. The maximum atomic E-state index is 14.8. The second kappa shape index (κ2) is 34.5. The van der Waals surface area contributed by atoms with Crippen molar-refractivity contribution in [1.82, 2.24) is 35.7 Å². The van der Waals surface area contributed by atoms with Crippen molar-refractivity contribution in [3.05, 3.63) is 120 Å². The van der Waals surface area contributed by atoms with Gasteiger partial charge in [0.25, 0.3) is 0 Å². The van der Waals surface area contributed by atoms with Crippen molar-refractivity contribution in [2.24, 2.45) is 46.0 Å². The third kappa shape index (κ3) is 21.9. The van der Waals surface area contributed by atoms with Gasteiger partial charge in [-0.05, 0) is 72.8 Å². The maximum Gasteiger partial charge on any atom is 0.410 e. The van der Waals surface area contributed by atoms with Crippen molar-refractivity contribution < 1.29 is 57.7 Å². The molecule has 1 aliphatic heterocycles. The number of nitrogens with two attached hydrogens (primary N) is 2. The van der Waals surface area contributed by atoms with Crippen molar-refractivity contribution in [1.29, 1.82) is 0 Å². The van der Waals surface area contributed by atoms with Gasteiger partial charge in [-0.25, -0.2) is 9.78 Å². The van der Waals surface area contributed by atoms with Gasteiger partial charge in [-0.2, -0.15) is 0 Å². The molecule has 0 bridgehead atoms. The number of likely N-dealkylation sites (tertiary alicyclic amines) is 1. The van der Waals surface area contributed by atoms with Gasteiger partial charge in [-0.3, -0.25) is 43.3 Å². The lowest BCUT2D eigenvalue weighted by molar-refractivity contribution is -0.151. The molecule has 1 fully saturated rings. The number of aromatic amines is 1. The number of nitrogens with one attached hydrogen (secondary N) is 4. The number of ether oxygens (including phenoxy) is 2. The summed E-state index contributed by atoms with van der Waals surface area (Å²) in [7, 11) is 1.38. The SMILES string of the molecule is CCC(C)[C@H](CC(=O)[C@H](Cc1ccc(O)cc1)NC(=O)[C@@H](CC(=O)[C@H](CCCN=C(N)N)NC(=O)CN(C)C(=O)OCc1ccccc1)C(C)C)C(=O)N[C@@H](Cc1cnc[nH]1)C(=O)N1CCC[C@H]1C(=O)C[C@H](C)C(=O)OCc1ccccc1.Cl. The van der Waals surface area contributed by atoms with Gasteiger partial charge in [0, 0.05) is 69.5 Å². The van der Waals surface area contributed by atoms with Crippen LogP contribution >= 0.6 is 12.4 Å². The highest BCUT2D eigenvalue weighted by Crippen LogP contribution is 2.27. The number of aromatic nitrogens is 2. The summed E-state index contributed by atoms with van der Waals surface area (Å²) in [4.78, 5) is 140. The van der Waals surface area contributed by atoms with Crippen LogP contribution in [0, 0.1) is 29.6 Å². The number of carbonyl (C=O) groups excluding carboxylic acids is 9. The van der Waals surface area contributed by atoms with Crippen LogP contribution in [0.5, 0.6) is 5.75 Å². The number of aromatic hydroxyl groups is 1. The Labute approximate surface area is 497 Å². The number of phenolic OH excluding ortho intramolecular Hbond substituents is 1. The molecule has 9 N–H and O–H groups in total. The summed E-state index contributed by atoms with van der Waals surface area (Å²) in [5.74, 6) is -8.21. The molecule has 0 spiro atoms. The number of esters is 1. The first kappa shape index (κ1) is 68.4. The summed E-state index contributed by atoms with van der Waals surface area (Å²) >= 11 is 0. The molecule has 1 aromatic heterocycles. The Morgan fingerprint density at radius 1 is 0.762 bits per heavy atom. The quantitative estimate of drug-likeness (QED) is 0.0138. The second-order valence-corrected chi connectivity index (χ2v) is 21.8. The summed E-state index contributed by atoms with van der Waals surface area (Å²) in [6.45, 7) is 8.69. The number of amides is 5. The van der Waals surface area contributed by atoms with Crippen molar-refractivity contribution in [2.75, 3.05) is 26.7 Å². The van der Waals surface area contributed by atoms with E-state index in [4.69, 9.17) is 20.9 Å². The standard InChI is InChI=1S/C61H82N10O12.ClH/c1-7-39(4)47(57(78)69-50(30-44-33-64-37-66-44)58(79)71-27-15-21-51(71)54(75)28-40(5)59(80)82-35-42-16-10-8-11-17-42)32-53(74)49(29-41-22-24-45(72)25-23-41)68-56(77)46(38(2)3)31-52(73)48(20-14-26-65-60(62)63)67-55(76)34-70(6)61(81)83-36-43-18-12-9-13-19-43;/h8-13,16-19,22-25,33,37-40,46-51,72H,7,14-15,20-21,26-32,34-36H2,1-6H3,(H,64,66)(H,67,76)(H,68,77)(H,69,78)(H4,62,63,65);1H/t39?,40-,46-,47-,48-,49-,50-,51-;/m0./s1. The molecular formula is C61H83ClN10O12. The molecule has 23 heteroatoms. The fourth-order valence-corrected chi connectivity index (χ4v) is 9.80. The molecule has 8 atom stereocenters. The Hall–Kier alpha value is -8.14. The van der Waals surface area contributed by atoms with Gasteiger partial charge in [0.15, 0.2) is 23.3 Å². The molecule has 456 valence electrons. The zero-order valence-corrected chi connectivity index (χ0v) is 49.6. The highest BCUT2D eigenvalue weighted by Gasteiger charge is 2.41. The predicted octanol–water partition coefficient (Wildman–Crippen LogP) is 5.28. The largest absolute Gasteiger partial charge is 0.508 e. The van der Waals surface area contributed by atoms with Crippen LogP contribution in [-0.2, 0) is 73.9 Å². The number of halogens is 1. The predicted molar refractivity (Wildman–Crippen MR) is 317 cm³/mol. The first-order chi connectivity index (χ1) is 39.6. The number of imidazole rings is 1. The zero-order chi connectivity index (χ0) is 60.6. The maximum absolute atomic E-state index is 14.8. The van der Waals surface area contributed by atoms with E-state index in [1.807, 2.05) is 43.3 Å². The van der Waals surface area contributed by atoms with E-state index in [0.717, 1.165) is 16.0 Å². The van der Waals surface area contributed by atoms with Crippen LogP contribution in [0.1, 0.15) is 108 Å². The molecule has 5 amide bonds. The number of guanidine groups is 1. The smallest absolute Gasteiger partial charge is 0.410 e. The number of Topliss-reactive ketones (excluding diaryl/α,β-unsaturated/α-hetero) is 3. The van der Waals surface area contributed by atoms with Crippen LogP contribution in [0.15, 0.2) is 102 Å². The van der Waals surface area contributed by atoms with E-state index in [1.54, 1.807) is 64.1 Å². The number of hydrogen-bond donors (Lipinski definition) is 7. The van der Waals surface area contributed by atoms with Crippen molar-refractivity contribution in [3.63, 3.8) is 0 Å². The van der Waals surface area contributed by atoms with Crippen LogP contribution in [0.4, 0.5) is 4.79 Å². The monoisotopic (exact) mass is 1180 g/mol. The first-order valence-corrected chi connectivity index (χ1v) is 28.3. The van der Waals surface area contributed by atoms with Crippen LogP contribution in [0.3, 0.4) is 0 Å². The van der Waals surface area contributed by atoms with E-state index >= 15 is 0 Å². The van der Waals surface area contributed by atoms with E-state index in [2.05, 4.69) is 30.9 Å². The molecule has 0 saturated carbocycles. The van der Waals surface area contributed by atoms with Crippen LogP contribution in [0.2, 0.25) is 0 Å². The van der Waals surface area contributed by atoms with Gasteiger partial charge in [0.05, 0.1) is 30.4 Å². The molecule has 2 heterocycles. The van der Waals surface area contributed by atoms with Crippen LogP contribution in [0.25, 0.3) is 0 Å². The molecular weight excluding hydrogens is 1100 g/mol. The molecule has 22 nitrogen and oxygen atoms in total.